The molecule has 0 spiro atoms. The summed E-state index contributed by atoms with van der Waals surface area (Å²) in [5.74, 6) is 1.15. The number of fused-ring (bicyclic) bond motifs is 1. The Hall–Kier alpha value is -3.02. The van der Waals surface area contributed by atoms with Crippen molar-refractivity contribution in [2.24, 2.45) is 0 Å². The summed E-state index contributed by atoms with van der Waals surface area (Å²) in [7, 11) is 3.18. The van der Waals surface area contributed by atoms with Crippen molar-refractivity contribution in [1.82, 2.24) is 10.2 Å². The minimum absolute atomic E-state index is 0.0135. The second kappa shape index (κ2) is 10.1. The normalized spacial score (nSPS) is 17.4. The highest BCUT2D eigenvalue weighted by Gasteiger charge is 2.35. The second-order valence-electron chi connectivity index (χ2n) is 8.68. The van der Waals surface area contributed by atoms with Gasteiger partial charge in [0, 0.05) is 18.2 Å². The topological polar surface area (TPSA) is 67.9 Å². The molecule has 0 radical (unpaired) electrons. The van der Waals surface area contributed by atoms with Gasteiger partial charge < -0.3 is 19.7 Å². The lowest BCUT2D eigenvalue weighted by atomic mass is 10.00. The van der Waals surface area contributed by atoms with Crippen LogP contribution in [-0.4, -0.2) is 37.0 Å². The Morgan fingerprint density at radius 1 is 1.03 bits per heavy atom. The maximum atomic E-state index is 13.2. The minimum Gasteiger partial charge on any atom is -0.493 e. The smallest absolute Gasteiger partial charge is 0.255 e. The minimum atomic E-state index is -0.388. The number of hydrogen-bond acceptors (Lipinski definition) is 4. The summed E-state index contributed by atoms with van der Waals surface area (Å²) in [5.41, 5.74) is 2.56. The van der Waals surface area contributed by atoms with Crippen LogP contribution in [0.4, 0.5) is 0 Å². The lowest BCUT2D eigenvalue weighted by molar-refractivity contribution is -0.123. The molecule has 1 heterocycles. The first kappa shape index (κ1) is 22.2. The lowest BCUT2D eigenvalue weighted by Crippen LogP contribution is -2.38. The highest BCUT2D eigenvalue weighted by atomic mass is 16.5. The molecule has 4 rings (SSSR count). The third-order valence-electron chi connectivity index (χ3n) is 6.62. The third kappa shape index (κ3) is 4.74. The van der Waals surface area contributed by atoms with E-state index < -0.39 is 0 Å². The number of ether oxygens (including phenoxy) is 2. The fraction of sp³-hybridized carbons (Fsp3) is 0.462. The Bertz CT molecular complexity index is 966. The van der Waals surface area contributed by atoms with E-state index in [0.717, 1.165) is 36.8 Å². The fourth-order valence-corrected chi connectivity index (χ4v) is 4.88. The number of carbonyl (C=O) groups excluding carboxylic acids is 2. The van der Waals surface area contributed by atoms with Crippen molar-refractivity contribution in [2.75, 3.05) is 14.2 Å². The summed E-state index contributed by atoms with van der Waals surface area (Å²) in [6.07, 6.45) is 7.06. The predicted octanol–water partition coefficient (Wildman–Crippen LogP) is 4.63. The SMILES string of the molecule is COc1ccc([C@H](CC(=O)NC2CCCCCC2)N2Cc3ccccc3C2=O)cc1OC. The number of rotatable bonds is 7. The van der Waals surface area contributed by atoms with Gasteiger partial charge in [-0.15, -0.1) is 0 Å². The second-order valence-corrected chi connectivity index (χ2v) is 8.68. The number of nitrogens with zero attached hydrogens (tertiary/aromatic N) is 1. The molecule has 0 saturated heterocycles. The molecular weight excluding hydrogens is 404 g/mol. The van der Waals surface area contributed by atoms with E-state index in [0.29, 0.717) is 23.6 Å². The molecule has 1 saturated carbocycles. The molecule has 2 aromatic carbocycles. The van der Waals surface area contributed by atoms with Crippen molar-refractivity contribution in [3.8, 4) is 11.5 Å². The zero-order chi connectivity index (χ0) is 22.5. The van der Waals surface area contributed by atoms with Gasteiger partial charge >= 0.3 is 0 Å². The maximum absolute atomic E-state index is 13.2. The van der Waals surface area contributed by atoms with E-state index in [9.17, 15) is 9.59 Å². The highest BCUT2D eigenvalue weighted by Crippen LogP contribution is 2.37. The van der Waals surface area contributed by atoms with Crippen LogP contribution in [0.25, 0.3) is 0 Å². The maximum Gasteiger partial charge on any atom is 0.255 e. The Labute approximate surface area is 189 Å². The molecule has 6 heteroatoms. The molecule has 1 N–H and O–H groups in total. The molecule has 32 heavy (non-hydrogen) atoms. The van der Waals surface area contributed by atoms with Crippen molar-refractivity contribution in [1.29, 1.82) is 0 Å². The van der Waals surface area contributed by atoms with E-state index >= 15 is 0 Å². The third-order valence-corrected chi connectivity index (χ3v) is 6.62. The molecule has 1 aliphatic carbocycles. The largest absolute Gasteiger partial charge is 0.493 e. The Kier molecular flexibility index (Phi) is 6.98. The van der Waals surface area contributed by atoms with Gasteiger partial charge in [0.1, 0.15) is 0 Å². The van der Waals surface area contributed by atoms with E-state index in [2.05, 4.69) is 5.32 Å². The van der Waals surface area contributed by atoms with Crippen LogP contribution < -0.4 is 14.8 Å². The zero-order valence-electron chi connectivity index (χ0n) is 18.9. The van der Waals surface area contributed by atoms with E-state index in [1.54, 1.807) is 19.1 Å². The van der Waals surface area contributed by atoms with Crippen LogP contribution in [0.2, 0.25) is 0 Å². The van der Waals surface area contributed by atoms with Gasteiger partial charge in [0.05, 0.1) is 26.7 Å². The van der Waals surface area contributed by atoms with Gasteiger partial charge in [-0.3, -0.25) is 9.59 Å². The molecule has 0 bridgehead atoms. The highest BCUT2D eigenvalue weighted by molar-refractivity contribution is 5.98. The zero-order valence-corrected chi connectivity index (χ0v) is 18.9. The molecule has 1 atom stereocenters. The van der Waals surface area contributed by atoms with Crippen LogP contribution in [0.3, 0.4) is 0 Å². The van der Waals surface area contributed by atoms with Crippen LogP contribution >= 0.6 is 0 Å². The molecule has 170 valence electrons. The van der Waals surface area contributed by atoms with Crippen LogP contribution in [0.5, 0.6) is 11.5 Å². The number of nitrogens with one attached hydrogen (secondary N) is 1. The summed E-state index contributed by atoms with van der Waals surface area (Å²) in [4.78, 5) is 28.2. The molecule has 1 aliphatic heterocycles. The standard InChI is InChI=1S/C26H32N2O4/c1-31-23-14-13-18(15-24(23)32-2)22(16-25(29)27-20-10-5-3-4-6-11-20)28-17-19-9-7-8-12-21(19)26(28)30/h7-9,12-15,20,22H,3-6,10-11,16-17H2,1-2H3,(H,27,29)/t22-/m0/s1. The van der Waals surface area contributed by atoms with Gasteiger partial charge in [0.25, 0.3) is 5.91 Å². The van der Waals surface area contributed by atoms with Crippen LogP contribution in [0, 0.1) is 0 Å². The van der Waals surface area contributed by atoms with E-state index in [-0.39, 0.29) is 30.3 Å². The Morgan fingerprint density at radius 3 is 2.44 bits per heavy atom. The van der Waals surface area contributed by atoms with Crippen LogP contribution in [-0.2, 0) is 11.3 Å². The first-order valence-corrected chi connectivity index (χ1v) is 11.5. The fourth-order valence-electron chi connectivity index (χ4n) is 4.88. The van der Waals surface area contributed by atoms with Gasteiger partial charge in [-0.05, 0) is 42.2 Å². The average Bonchev–Trinajstić information content (AvgIpc) is 2.97. The van der Waals surface area contributed by atoms with Crippen molar-refractivity contribution >= 4 is 11.8 Å². The molecule has 2 amide bonds. The summed E-state index contributed by atoms with van der Waals surface area (Å²) in [6, 6.07) is 13.1. The first-order valence-electron chi connectivity index (χ1n) is 11.5. The van der Waals surface area contributed by atoms with E-state index in [1.807, 2.05) is 42.5 Å². The van der Waals surface area contributed by atoms with Crippen LogP contribution in [0.15, 0.2) is 42.5 Å². The Balaban J connectivity index is 1.60. The molecule has 1 fully saturated rings. The quantitative estimate of drug-likeness (QED) is 0.643. The van der Waals surface area contributed by atoms with Crippen molar-refractivity contribution < 1.29 is 19.1 Å². The predicted molar refractivity (Wildman–Crippen MR) is 123 cm³/mol. The Morgan fingerprint density at radius 2 is 1.75 bits per heavy atom. The van der Waals surface area contributed by atoms with Crippen molar-refractivity contribution in [3.05, 3.63) is 59.2 Å². The van der Waals surface area contributed by atoms with Crippen molar-refractivity contribution in [2.45, 2.75) is 63.6 Å². The van der Waals surface area contributed by atoms with Gasteiger partial charge in [-0.1, -0.05) is 49.9 Å². The molecule has 2 aromatic rings. The molecule has 6 nitrogen and oxygen atoms in total. The summed E-state index contributed by atoms with van der Waals surface area (Å²) >= 11 is 0. The number of amides is 2. The van der Waals surface area contributed by atoms with Gasteiger partial charge in [-0.2, -0.15) is 0 Å². The van der Waals surface area contributed by atoms with Gasteiger partial charge in [0.2, 0.25) is 5.91 Å². The molecule has 2 aliphatic rings. The lowest BCUT2D eigenvalue weighted by Gasteiger charge is -2.29. The summed E-state index contributed by atoms with van der Waals surface area (Å²) in [6.45, 7) is 0.491. The van der Waals surface area contributed by atoms with E-state index in [1.165, 1.54) is 12.8 Å². The molecular formula is C26H32N2O4. The number of hydrogen-bond donors (Lipinski definition) is 1. The van der Waals surface area contributed by atoms with Crippen molar-refractivity contribution in [3.63, 3.8) is 0 Å². The van der Waals surface area contributed by atoms with Gasteiger partial charge in [-0.25, -0.2) is 0 Å². The monoisotopic (exact) mass is 436 g/mol. The van der Waals surface area contributed by atoms with Crippen LogP contribution in [0.1, 0.15) is 72.5 Å². The average molecular weight is 437 g/mol. The first-order chi connectivity index (χ1) is 15.6. The summed E-state index contributed by atoms with van der Waals surface area (Å²) < 4.78 is 10.9. The molecule has 0 aromatic heterocycles. The van der Waals surface area contributed by atoms with Gasteiger partial charge in [0.15, 0.2) is 11.5 Å². The van der Waals surface area contributed by atoms with E-state index in [4.69, 9.17) is 9.47 Å². The number of methoxy groups -OCH3 is 2. The number of carbonyl (C=O) groups is 2. The molecule has 0 unspecified atom stereocenters. The number of benzene rings is 2. The summed E-state index contributed by atoms with van der Waals surface area (Å²) in [5, 5.41) is 3.24.